The molecule has 7 aromatic rings. The molecule has 0 saturated heterocycles. The van der Waals surface area contributed by atoms with Gasteiger partial charge in [-0.15, -0.1) is 10.9 Å². The van der Waals surface area contributed by atoms with Gasteiger partial charge in [-0.2, -0.15) is 0 Å². The van der Waals surface area contributed by atoms with Gasteiger partial charge in [0.25, 0.3) is 0 Å². The standard InChI is InChI=1S/C33H17B7N2/c1-2-21-41-19-13-7-8-14-20(19)42(21)33-17-11-5-3-9-15(17)22(16-10-4-6-12-18(16)33)23-26(34)24-25(28(36)27(23)35)30(38)32(40)31(39)29(24)37/h3-14H,2H2,1H3. The van der Waals surface area contributed by atoms with Gasteiger partial charge < -0.3 is 0 Å². The molecule has 9 heteroatoms. The van der Waals surface area contributed by atoms with Crippen LogP contribution < -0.4 is 38.2 Å². The molecule has 0 unspecified atom stereocenters. The third kappa shape index (κ3) is 3.59. The predicted molar refractivity (Wildman–Crippen MR) is 186 cm³/mol. The Morgan fingerprint density at radius 1 is 0.524 bits per heavy atom. The minimum atomic E-state index is 0.151. The third-order valence-corrected chi connectivity index (χ3v) is 8.35. The van der Waals surface area contributed by atoms with E-state index in [-0.39, 0.29) is 27.3 Å². The fourth-order valence-electron chi connectivity index (χ4n) is 6.38. The van der Waals surface area contributed by atoms with E-state index in [2.05, 4.69) is 41.8 Å². The summed E-state index contributed by atoms with van der Waals surface area (Å²) < 4.78 is 2.26. The number of benzene rings is 6. The van der Waals surface area contributed by atoms with Crippen LogP contribution in [-0.2, 0) is 6.42 Å². The Morgan fingerprint density at radius 3 is 1.57 bits per heavy atom. The van der Waals surface area contributed by atoms with E-state index in [0.29, 0.717) is 27.3 Å². The van der Waals surface area contributed by atoms with Gasteiger partial charge in [0, 0.05) is 17.2 Å². The Hall–Kier alpha value is -3.98. The number of hydrogen-bond donors (Lipinski definition) is 0. The second kappa shape index (κ2) is 9.80. The lowest BCUT2D eigenvalue weighted by molar-refractivity contribution is 0.917. The Morgan fingerprint density at radius 2 is 1.00 bits per heavy atom. The van der Waals surface area contributed by atoms with E-state index in [1.807, 2.05) is 42.5 Å². The molecule has 180 valence electrons. The number of hydrogen-bond acceptors (Lipinski definition) is 1. The molecule has 1 heterocycles. The lowest BCUT2D eigenvalue weighted by Gasteiger charge is -2.27. The molecule has 6 aromatic carbocycles. The fourth-order valence-corrected chi connectivity index (χ4v) is 6.38. The molecular formula is C33H17B7N2. The van der Waals surface area contributed by atoms with Crippen molar-refractivity contribution in [2.24, 2.45) is 0 Å². The predicted octanol–water partition coefficient (Wildman–Crippen LogP) is 0.271. The summed E-state index contributed by atoms with van der Waals surface area (Å²) in [5.41, 5.74) is 5.99. The first-order valence-electron chi connectivity index (χ1n) is 13.7. The van der Waals surface area contributed by atoms with Crippen molar-refractivity contribution in [2.45, 2.75) is 13.3 Å². The number of nitrogens with zero attached hydrogens (tertiary/aromatic N) is 2. The maximum absolute atomic E-state index is 6.96. The molecule has 0 aliphatic rings. The van der Waals surface area contributed by atoms with E-state index in [1.165, 1.54) is 0 Å². The monoisotopic (exact) mass is 518 g/mol. The molecule has 0 fully saturated rings. The molecule has 0 bridgehead atoms. The van der Waals surface area contributed by atoms with Crippen molar-refractivity contribution in [3.8, 4) is 16.8 Å². The molecule has 7 rings (SSSR count). The van der Waals surface area contributed by atoms with E-state index in [1.54, 1.807) is 0 Å². The zero-order valence-corrected chi connectivity index (χ0v) is 23.1. The summed E-state index contributed by atoms with van der Waals surface area (Å²) in [6.45, 7) is 2.12. The van der Waals surface area contributed by atoms with Crippen molar-refractivity contribution in [3.63, 3.8) is 0 Å². The molecule has 0 atom stereocenters. The van der Waals surface area contributed by atoms with Crippen LogP contribution in [0, 0.1) is 0 Å². The topological polar surface area (TPSA) is 17.8 Å². The second-order valence-electron chi connectivity index (χ2n) is 10.5. The summed E-state index contributed by atoms with van der Waals surface area (Å²) in [6.07, 6.45) is 0.755. The van der Waals surface area contributed by atoms with Crippen LogP contribution in [-0.4, -0.2) is 64.5 Å². The van der Waals surface area contributed by atoms with Crippen LogP contribution in [0.2, 0.25) is 0 Å². The highest BCUT2D eigenvalue weighted by Crippen LogP contribution is 2.41. The maximum Gasteiger partial charge on any atom is 0.115 e. The van der Waals surface area contributed by atoms with Crippen molar-refractivity contribution < 1.29 is 0 Å². The lowest BCUT2D eigenvalue weighted by atomic mass is 9.58. The Kier molecular flexibility index (Phi) is 6.27. The van der Waals surface area contributed by atoms with Crippen LogP contribution in [0.1, 0.15) is 12.7 Å². The van der Waals surface area contributed by atoms with Crippen LogP contribution >= 0.6 is 0 Å². The summed E-state index contributed by atoms with van der Waals surface area (Å²) in [5.74, 6) is 0.963. The molecule has 0 spiro atoms. The van der Waals surface area contributed by atoms with Gasteiger partial charge in [-0.25, -0.2) is 4.98 Å². The van der Waals surface area contributed by atoms with Crippen LogP contribution in [0.4, 0.5) is 0 Å². The summed E-state index contributed by atoms with van der Waals surface area (Å²) in [4.78, 5) is 4.97. The van der Waals surface area contributed by atoms with Crippen molar-refractivity contribution in [2.75, 3.05) is 0 Å². The highest BCUT2D eigenvalue weighted by Gasteiger charge is 2.24. The number of fused-ring (bicyclic) bond motifs is 4. The quantitative estimate of drug-likeness (QED) is 0.243. The van der Waals surface area contributed by atoms with Crippen molar-refractivity contribution in [3.05, 3.63) is 78.6 Å². The Bertz CT molecular complexity index is 2210. The van der Waals surface area contributed by atoms with Crippen molar-refractivity contribution in [1.82, 2.24) is 9.55 Å². The molecule has 42 heavy (non-hydrogen) atoms. The first-order valence-corrected chi connectivity index (χ1v) is 13.7. The minimum Gasteiger partial charge on any atom is -0.295 e. The molecule has 0 amide bonds. The lowest BCUT2D eigenvalue weighted by Crippen LogP contribution is -2.52. The summed E-state index contributed by atoms with van der Waals surface area (Å²) in [5, 5.41) is 4.74. The SMILES string of the molecule is [B]c1c([B])c([B])c2c([B])c(-c3c4ccccc4c(-n4c(CC)nc5ccccc54)c4ccccc34)c([B])c([B])c2c1[B]. The Balaban J connectivity index is 1.72. The van der Waals surface area contributed by atoms with E-state index < -0.39 is 0 Å². The maximum atomic E-state index is 6.96. The van der Waals surface area contributed by atoms with Gasteiger partial charge >= 0.3 is 0 Å². The number of rotatable bonds is 3. The first-order chi connectivity index (χ1) is 20.3. The highest BCUT2D eigenvalue weighted by molar-refractivity contribution is 6.72. The molecule has 0 saturated carbocycles. The zero-order valence-electron chi connectivity index (χ0n) is 23.1. The van der Waals surface area contributed by atoms with Gasteiger partial charge in [0.15, 0.2) is 0 Å². The molecule has 0 N–H and O–H groups in total. The van der Waals surface area contributed by atoms with E-state index in [0.717, 1.165) is 56.1 Å². The third-order valence-electron chi connectivity index (χ3n) is 8.35. The molecule has 2 nitrogen and oxygen atoms in total. The van der Waals surface area contributed by atoms with Gasteiger partial charge in [-0.1, -0.05) is 94.9 Å². The molecule has 0 aliphatic heterocycles. The minimum absolute atomic E-state index is 0.151. The average Bonchev–Trinajstić information content (AvgIpc) is 3.38. The van der Waals surface area contributed by atoms with Gasteiger partial charge in [-0.05, 0) is 44.8 Å². The summed E-state index contributed by atoms with van der Waals surface area (Å²) in [7, 11) is 45.8. The van der Waals surface area contributed by atoms with Crippen LogP contribution in [0.5, 0.6) is 0 Å². The van der Waals surface area contributed by atoms with E-state index >= 15 is 0 Å². The van der Waals surface area contributed by atoms with Gasteiger partial charge in [0.2, 0.25) is 0 Å². The number of aryl methyl sites for hydroxylation is 1. The second-order valence-corrected chi connectivity index (χ2v) is 10.5. The number of imidazole rings is 1. The molecule has 0 aliphatic carbocycles. The van der Waals surface area contributed by atoms with Crippen LogP contribution in [0.15, 0.2) is 72.8 Å². The average molecular weight is 517 g/mol. The number of para-hydroxylation sites is 2. The highest BCUT2D eigenvalue weighted by atomic mass is 15.1. The summed E-state index contributed by atoms with van der Waals surface area (Å²) >= 11 is 0. The first kappa shape index (κ1) is 26.9. The fraction of sp³-hybridized carbons (Fsp3) is 0.0606. The van der Waals surface area contributed by atoms with Gasteiger partial charge in [0.05, 0.1) is 16.7 Å². The Labute approximate surface area is 254 Å². The van der Waals surface area contributed by atoms with E-state index in [4.69, 9.17) is 59.9 Å². The molecular weight excluding hydrogens is 500 g/mol. The number of aromatic nitrogens is 2. The smallest absolute Gasteiger partial charge is 0.115 e. The normalized spacial score (nSPS) is 11.7. The van der Waals surface area contributed by atoms with Gasteiger partial charge in [0.1, 0.15) is 60.7 Å². The van der Waals surface area contributed by atoms with Gasteiger partial charge in [-0.3, -0.25) is 4.57 Å². The van der Waals surface area contributed by atoms with Crippen LogP contribution in [0.3, 0.4) is 0 Å². The van der Waals surface area contributed by atoms with Crippen LogP contribution in [0.25, 0.3) is 60.2 Å². The largest absolute Gasteiger partial charge is 0.295 e. The van der Waals surface area contributed by atoms with E-state index in [9.17, 15) is 0 Å². The van der Waals surface area contributed by atoms with Crippen molar-refractivity contribution in [1.29, 1.82) is 0 Å². The molecule has 14 radical (unpaired) electrons. The van der Waals surface area contributed by atoms with Crippen molar-refractivity contribution >= 4 is 137 Å². The summed E-state index contributed by atoms with van der Waals surface area (Å²) in [6, 6.07) is 24.6. The molecule has 1 aromatic heterocycles. The zero-order chi connectivity index (χ0) is 29.4.